The first-order chi connectivity index (χ1) is 15.0. The summed E-state index contributed by atoms with van der Waals surface area (Å²) in [5, 5.41) is 9.09. The first-order valence-electron chi connectivity index (χ1n) is 9.73. The highest BCUT2D eigenvalue weighted by molar-refractivity contribution is 6.01. The number of anilines is 1. The van der Waals surface area contributed by atoms with E-state index >= 15 is 0 Å². The first kappa shape index (κ1) is 19.2. The Labute approximate surface area is 175 Å². The Kier molecular flexibility index (Phi) is 4.61. The Balaban J connectivity index is 1.32. The molecule has 0 spiro atoms. The lowest BCUT2D eigenvalue weighted by molar-refractivity contribution is -0.118. The summed E-state index contributed by atoms with van der Waals surface area (Å²) in [6, 6.07) is 10.3. The van der Waals surface area contributed by atoms with Gasteiger partial charge in [-0.05, 0) is 12.0 Å². The number of aryl methyl sites for hydroxylation is 1. The summed E-state index contributed by atoms with van der Waals surface area (Å²) >= 11 is 0. The minimum Gasteiger partial charge on any atom is -0.488 e. The average molecular weight is 425 g/mol. The van der Waals surface area contributed by atoms with Gasteiger partial charge >= 0.3 is 0 Å². The van der Waals surface area contributed by atoms with E-state index in [9.17, 15) is 18.4 Å². The summed E-state index contributed by atoms with van der Waals surface area (Å²) in [6.45, 7) is 0.329. The zero-order chi connectivity index (χ0) is 21.5. The number of benzene rings is 2. The van der Waals surface area contributed by atoms with E-state index in [-0.39, 0.29) is 29.8 Å². The SMILES string of the molecule is O=C(N[C@H]1COc2cc(F)cc(F)c2NC1=O)c1nc2n(n1)CC[C@H]2c1ccccc1. The van der Waals surface area contributed by atoms with E-state index in [0.717, 1.165) is 18.1 Å². The normalized spacial score (nSPS) is 19.6. The molecule has 3 heterocycles. The number of nitrogens with one attached hydrogen (secondary N) is 2. The first-order valence-corrected chi connectivity index (χ1v) is 9.73. The summed E-state index contributed by atoms with van der Waals surface area (Å²) in [5.41, 5.74) is 0.817. The number of rotatable bonds is 3. The molecule has 0 unspecified atom stereocenters. The van der Waals surface area contributed by atoms with Gasteiger partial charge in [0, 0.05) is 24.6 Å². The second kappa shape index (κ2) is 7.46. The van der Waals surface area contributed by atoms with Gasteiger partial charge in [0.05, 0.1) is 0 Å². The highest BCUT2D eigenvalue weighted by Crippen LogP contribution is 2.33. The predicted octanol–water partition coefficient (Wildman–Crippen LogP) is 2.22. The van der Waals surface area contributed by atoms with E-state index in [1.54, 1.807) is 4.68 Å². The number of carbonyl (C=O) groups is 2. The van der Waals surface area contributed by atoms with E-state index < -0.39 is 29.5 Å². The van der Waals surface area contributed by atoms with Gasteiger partial charge in [0.1, 0.15) is 35.7 Å². The van der Waals surface area contributed by atoms with Crippen molar-refractivity contribution in [1.29, 1.82) is 0 Å². The van der Waals surface area contributed by atoms with Gasteiger partial charge in [0.2, 0.25) is 5.82 Å². The quantitative estimate of drug-likeness (QED) is 0.671. The smallest absolute Gasteiger partial charge is 0.291 e. The number of halogens is 2. The second-order valence-electron chi connectivity index (χ2n) is 7.36. The lowest BCUT2D eigenvalue weighted by atomic mass is 9.97. The number of hydrogen-bond acceptors (Lipinski definition) is 5. The molecule has 5 rings (SSSR count). The number of carbonyl (C=O) groups excluding carboxylic acids is 2. The molecule has 8 nitrogen and oxygen atoms in total. The number of ether oxygens (including phenoxy) is 1. The number of nitrogens with zero attached hydrogens (tertiary/aromatic N) is 3. The molecule has 3 aromatic rings. The topological polar surface area (TPSA) is 98.1 Å². The van der Waals surface area contributed by atoms with Crippen molar-refractivity contribution in [2.24, 2.45) is 0 Å². The Hall–Kier alpha value is -3.82. The van der Waals surface area contributed by atoms with Crippen molar-refractivity contribution in [2.75, 3.05) is 11.9 Å². The molecule has 2 aromatic carbocycles. The van der Waals surface area contributed by atoms with E-state index in [1.165, 1.54) is 0 Å². The molecule has 1 aromatic heterocycles. The number of hydrogen-bond donors (Lipinski definition) is 2. The van der Waals surface area contributed by atoms with Crippen molar-refractivity contribution in [1.82, 2.24) is 20.1 Å². The minimum atomic E-state index is -1.13. The maximum Gasteiger partial charge on any atom is 0.291 e. The van der Waals surface area contributed by atoms with Gasteiger partial charge in [0.25, 0.3) is 11.8 Å². The maximum absolute atomic E-state index is 14.0. The molecule has 10 heteroatoms. The summed E-state index contributed by atoms with van der Waals surface area (Å²) in [4.78, 5) is 29.5. The summed E-state index contributed by atoms with van der Waals surface area (Å²) in [6.07, 6.45) is 0.834. The molecule has 2 aliphatic heterocycles. The molecule has 2 amide bonds. The van der Waals surface area contributed by atoms with E-state index in [4.69, 9.17) is 4.74 Å². The molecule has 0 aliphatic carbocycles. The van der Waals surface area contributed by atoms with Crippen LogP contribution in [0.5, 0.6) is 5.75 Å². The number of aromatic nitrogens is 3. The molecule has 31 heavy (non-hydrogen) atoms. The van der Waals surface area contributed by atoms with Crippen LogP contribution < -0.4 is 15.4 Å². The molecule has 0 saturated heterocycles. The van der Waals surface area contributed by atoms with Gasteiger partial charge in [-0.3, -0.25) is 9.59 Å². The largest absolute Gasteiger partial charge is 0.488 e. The Bertz CT molecular complexity index is 1180. The summed E-state index contributed by atoms with van der Waals surface area (Å²) < 4.78 is 34.4. The fourth-order valence-electron chi connectivity index (χ4n) is 3.83. The molecular weight excluding hydrogens is 408 g/mol. The van der Waals surface area contributed by atoms with Gasteiger partial charge in [-0.2, -0.15) is 0 Å². The molecule has 0 fully saturated rings. The van der Waals surface area contributed by atoms with Crippen LogP contribution in [0, 0.1) is 11.6 Å². The molecular formula is C21H17F2N5O3. The van der Waals surface area contributed by atoms with E-state index in [0.29, 0.717) is 18.4 Å². The van der Waals surface area contributed by atoms with Gasteiger partial charge in [-0.1, -0.05) is 30.3 Å². The van der Waals surface area contributed by atoms with Gasteiger partial charge in [0.15, 0.2) is 5.82 Å². The highest BCUT2D eigenvalue weighted by atomic mass is 19.1. The second-order valence-corrected chi connectivity index (χ2v) is 7.36. The Morgan fingerprint density at radius 1 is 1.23 bits per heavy atom. The van der Waals surface area contributed by atoms with Crippen molar-refractivity contribution < 1.29 is 23.1 Å². The number of fused-ring (bicyclic) bond motifs is 2. The molecule has 0 radical (unpaired) electrons. The van der Waals surface area contributed by atoms with Gasteiger partial charge < -0.3 is 15.4 Å². The van der Waals surface area contributed by atoms with Crippen LogP contribution in [0.25, 0.3) is 0 Å². The van der Waals surface area contributed by atoms with Crippen LogP contribution in [0.15, 0.2) is 42.5 Å². The highest BCUT2D eigenvalue weighted by Gasteiger charge is 2.32. The monoisotopic (exact) mass is 425 g/mol. The third kappa shape index (κ3) is 3.49. The van der Waals surface area contributed by atoms with E-state index in [1.807, 2.05) is 30.3 Å². The van der Waals surface area contributed by atoms with Crippen molar-refractivity contribution in [2.45, 2.75) is 24.9 Å². The lowest BCUT2D eigenvalue weighted by Gasteiger charge is -2.13. The van der Waals surface area contributed by atoms with Crippen LogP contribution in [0.3, 0.4) is 0 Å². The minimum absolute atomic E-state index is 0.0344. The fraction of sp³-hybridized carbons (Fsp3) is 0.238. The molecule has 2 aliphatic rings. The standard InChI is InChI=1S/C21H17F2N5O3/c22-12-8-14(23)17-16(9-12)31-10-15(20(29)25-17)24-21(30)18-26-19-13(6-7-28(19)27-18)11-4-2-1-3-5-11/h1-5,8-9,13,15H,6-7,10H2,(H,24,30)(H,25,29)/t13-,15-/m0/s1. The Morgan fingerprint density at radius 3 is 2.84 bits per heavy atom. The van der Waals surface area contributed by atoms with Crippen LogP contribution in [0.2, 0.25) is 0 Å². The third-order valence-corrected chi connectivity index (χ3v) is 5.34. The van der Waals surface area contributed by atoms with Crippen LogP contribution in [0.4, 0.5) is 14.5 Å². The van der Waals surface area contributed by atoms with Gasteiger partial charge in [-0.15, -0.1) is 5.10 Å². The van der Waals surface area contributed by atoms with Crippen LogP contribution in [0.1, 0.15) is 34.3 Å². The molecule has 158 valence electrons. The zero-order valence-corrected chi connectivity index (χ0v) is 16.1. The molecule has 0 bridgehead atoms. The van der Waals surface area contributed by atoms with Crippen molar-refractivity contribution in [3.63, 3.8) is 0 Å². The lowest BCUT2D eigenvalue weighted by Crippen LogP contribution is -2.46. The van der Waals surface area contributed by atoms with Crippen molar-refractivity contribution in [3.8, 4) is 5.75 Å². The van der Waals surface area contributed by atoms with E-state index in [2.05, 4.69) is 20.7 Å². The summed E-state index contributed by atoms with van der Waals surface area (Å²) in [7, 11) is 0. The van der Waals surface area contributed by atoms with Crippen LogP contribution in [-0.2, 0) is 11.3 Å². The number of amides is 2. The molecule has 2 atom stereocenters. The fourth-order valence-corrected chi connectivity index (χ4v) is 3.83. The third-order valence-electron chi connectivity index (χ3n) is 5.34. The maximum atomic E-state index is 14.0. The summed E-state index contributed by atoms with van der Waals surface area (Å²) in [5.74, 6) is -2.64. The molecule has 0 saturated carbocycles. The van der Waals surface area contributed by atoms with Crippen molar-refractivity contribution >= 4 is 17.5 Å². The Morgan fingerprint density at radius 2 is 2.03 bits per heavy atom. The van der Waals surface area contributed by atoms with Crippen LogP contribution in [-0.4, -0.2) is 39.2 Å². The van der Waals surface area contributed by atoms with Crippen LogP contribution >= 0.6 is 0 Å². The molecule has 2 N–H and O–H groups in total. The zero-order valence-electron chi connectivity index (χ0n) is 16.1. The van der Waals surface area contributed by atoms with Gasteiger partial charge in [-0.25, -0.2) is 18.4 Å². The predicted molar refractivity (Wildman–Crippen MR) is 105 cm³/mol. The average Bonchev–Trinajstić information content (AvgIpc) is 3.30. The van der Waals surface area contributed by atoms with Crippen molar-refractivity contribution in [3.05, 3.63) is 71.3 Å².